The number of nitrogens with zero attached hydrogens (tertiary/aromatic N) is 4. The lowest BCUT2D eigenvalue weighted by Gasteiger charge is -2.28. The molecule has 4 aromatic carbocycles. The molecule has 0 spiro atoms. The summed E-state index contributed by atoms with van der Waals surface area (Å²) in [5, 5.41) is 20.2. The number of amides is 2. The van der Waals surface area contributed by atoms with Crippen LogP contribution in [0.1, 0.15) is 42.7 Å². The summed E-state index contributed by atoms with van der Waals surface area (Å²) in [5.41, 5.74) is 4.69. The van der Waals surface area contributed by atoms with E-state index in [1.54, 1.807) is 53.4 Å². The second kappa shape index (κ2) is 13.8. The van der Waals surface area contributed by atoms with E-state index in [2.05, 4.69) is 31.3 Å². The van der Waals surface area contributed by atoms with Gasteiger partial charge in [-0.3, -0.25) is 0 Å². The van der Waals surface area contributed by atoms with Crippen molar-refractivity contribution in [3.05, 3.63) is 107 Å². The molecular formula is C34H30ClF4N7O. The van der Waals surface area contributed by atoms with Crippen molar-refractivity contribution in [2.24, 2.45) is 0 Å². The predicted octanol–water partition coefficient (Wildman–Crippen LogP) is 9.20. The molecule has 1 aliphatic carbocycles. The van der Waals surface area contributed by atoms with Gasteiger partial charge in [-0.05, 0) is 94.3 Å². The van der Waals surface area contributed by atoms with E-state index in [4.69, 9.17) is 11.6 Å². The summed E-state index contributed by atoms with van der Waals surface area (Å²) in [7, 11) is 0. The van der Waals surface area contributed by atoms with Crippen molar-refractivity contribution in [1.29, 1.82) is 0 Å². The molecule has 6 rings (SSSR count). The van der Waals surface area contributed by atoms with Crippen LogP contribution in [-0.4, -0.2) is 39.4 Å². The zero-order valence-electron chi connectivity index (χ0n) is 25.0. The Balaban J connectivity index is 1.36. The first-order chi connectivity index (χ1) is 22.6. The number of carbonyl (C=O) groups is 1. The van der Waals surface area contributed by atoms with Gasteiger partial charge in [0.1, 0.15) is 5.82 Å². The first-order valence-corrected chi connectivity index (χ1v) is 15.4. The first-order valence-electron chi connectivity index (χ1n) is 15.0. The topological polar surface area (TPSA) is 98.8 Å². The molecule has 13 heteroatoms. The number of halogens is 5. The smallest absolute Gasteiger partial charge is 0.366 e. The molecule has 0 aliphatic heterocycles. The summed E-state index contributed by atoms with van der Waals surface area (Å²) in [4.78, 5) is 15.2. The SMILES string of the molecule is O=C(Nc1ccc(C2CC2)c(F)c1)Nc1cc(-c2ccccc2-c2nnn[nH]2)ccc1N(CCCC(F)(F)F)Cc1ccc(Cl)cc1. The Morgan fingerprint density at radius 3 is 2.40 bits per heavy atom. The Kier molecular flexibility index (Phi) is 9.39. The van der Waals surface area contributed by atoms with Gasteiger partial charge in [-0.25, -0.2) is 14.3 Å². The number of tetrazole rings is 1. The van der Waals surface area contributed by atoms with Crippen LogP contribution < -0.4 is 15.5 Å². The summed E-state index contributed by atoms with van der Waals surface area (Å²) >= 11 is 6.08. The highest BCUT2D eigenvalue weighted by Crippen LogP contribution is 2.42. The highest BCUT2D eigenvalue weighted by Gasteiger charge is 2.28. The van der Waals surface area contributed by atoms with Gasteiger partial charge in [0.15, 0.2) is 5.82 Å². The van der Waals surface area contributed by atoms with Crippen LogP contribution in [0.3, 0.4) is 0 Å². The van der Waals surface area contributed by atoms with Crippen molar-refractivity contribution in [1.82, 2.24) is 20.6 Å². The Bertz CT molecular complexity index is 1840. The highest BCUT2D eigenvalue weighted by atomic mass is 35.5. The van der Waals surface area contributed by atoms with E-state index in [-0.39, 0.29) is 36.9 Å². The van der Waals surface area contributed by atoms with Crippen LogP contribution in [0.15, 0.2) is 84.9 Å². The molecule has 8 nitrogen and oxygen atoms in total. The summed E-state index contributed by atoms with van der Waals surface area (Å²) in [6.45, 7) is 0.296. The number of H-pyrrole nitrogens is 1. The van der Waals surface area contributed by atoms with E-state index in [1.807, 2.05) is 30.3 Å². The number of nitrogens with one attached hydrogen (secondary N) is 3. The minimum absolute atomic E-state index is 0.0476. The average molecular weight is 664 g/mol. The maximum Gasteiger partial charge on any atom is 0.389 e. The van der Waals surface area contributed by atoms with Crippen molar-refractivity contribution >= 4 is 34.7 Å². The highest BCUT2D eigenvalue weighted by molar-refractivity contribution is 6.30. The first kappa shape index (κ1) is 32.0. The van der Waals surface area contributed by atoms with Crippen molar-refractivity contribution in [2.75, 3.05) is 22.1 Å². The fourth-order valence-electron chi connectivity index (χ4n) is 5.47. The van der Waals surface area contributed by atoms with Crippen LogP contribution >= 0.6 is 11.6 Å². The van der Waals surface area contributed by atoms with E-state index >= 15 is 0 Å². The molecule has 0 radical (unpaired) electrons. The Labute approximate surface area is 273 Å². The molecule has 1 saturated carbocycles. The van der Waals surface area contributed by atoms with Crippen molar-refractivity contribution in [2.45, 2.75) is 44.3 Å². The molecule has 1 aliphatic rings. The standard InChI is InChI=1S/C34H30ClF4N7O/c35-24-11-6-21(7-12-24)20-46(17-3-16-34(37,38)39)31-15-10-23(26-4-1-2-5-28(26)32-42-44-45-43-32)18-30(31)41-33(47)40-25-13-14-27(22-8-9-22)29(36)19-25/h1-2,4-7,10-15,18-19,22H,3,8-9,16-17,20H2,(H2,40,41,47)(H,42,43,44,45). The average Bonchev–Trinajstić information content (AvgIpc) is 3.73. The van der Waals surface area contributed by atoms with E-state index in [1.165, 1.54) is 6.07 Å². The number of carbonyl (C=O) groups excluding carboxylic acids is 1. The van der Waals surface area contributed by atoms with Crippen molar-refractivity contribution in [3.63, 3.8) is 0 Å². The third-order valence-corrected chi connectivity index (χ3v) is 8.13. The number of hydrogen-bond acceptors (Lipinski definition) is 5. The van der Waals surface area contributed by atoms with Crippen LogP contribution in [0.25, 0.3) is 22.5 Å². The summed E-state index contributed by atoms with van der Waals surface area (Å²) in [5.74, 6) is 0.262. The second-order valence-electron chi connectivity index (χ2n) is 11.4. The fraction of sp³-hybridized carbons (Fsp3) is 0.235. The second-order valence-corrected chi connectivity index (χ2v) is 11.8. The third-order valence-electron chi connectivity index (χ3n) is 7.87. The van der Waals surface area contributed by atoms with E-state index in [9.17, 15) is 22.4 Å². The number of anilines is 3. The molecular weight excluding hydrogens is 634 g/mol. The summed E-state index contributed by atoms with van der Waals surface area (Å²) < 4.78 is 54.3. The monoisotopic (exact) mass is 663 g/mol. The van der Waals surface area contributed by atoms with Crippen molar-refractivity contribution in [3.8, 4) is 22.5 Å². The zero-order chi connectivity index (χ0) is 33.0. The zero-order valence-corrected chi connectivity index (χ0v) is 25.7. The van der Waals surface area contributed by atoms with E-state index in [0.29, 0.717) is 38.9 Å². The van der Waals surface area contributed by atoms with Gasteiger partial charge in [-0.1, -0.05) is 60.1 Å². The molecule has 1 fully saturated rings. The van der Waals surface area contributed by atoms with Crippen LogP contribution in [0.5, 0.6) is 0 Å². The Hall–Kier alpha value is -4.97. The van der Waals surface area contributed by atoms with Gasteiger partial charge >= 0.3 is 12.2 Å². The number of rotatable bonds is 11. The van der Waals surface area contributed by atoms with Gasteiger partial charge in [0, 0.05) is 35.8 Å². The quantitative estimate of drug-likeness (QED) is 0.122. The Morgan fingerprint density at radius 1 is 0.957 bits per heavy atom. The van der Waals surface area contributed by atoms with Crippen molar-refractivity contribution < 1.29 is 22.4 Å². The van der Waals surface area contributed by atoms with Gasteiger partial charge in [-0.2, -0.15) is 13.2 Å². The van der Waals surface area contributed by atoms with Gasteiger partial charge in [-0.15, -0.1) is 5.10 Å². The van der Waals surface area contributed by atoms with Gasteiger partial charge in [0.05, 0.1) is 11.4 Å². The van der Waals surface area contributed by atoms with Gasteiger partial charge < -0.3 is 15.5 Å². The maximum atomic E-state index is 14.7. The molecule has 47 heavy (non-hydrogen) atoms. The number of benzene rings is 4. The minimum atomic E-state index is -4.32. The minimum Gasteiger partial charge on any atom is -0.366 e. The molecule has 0 bridgehead atoms. The molecule has 242 valence electrons. The number of alkyl halides is 3. The Morgan fingerprint density at radius 2 is 1.72 bits per heavy atom. The van der Waals surface area contributed by atoms with Crippen LogP contribution in [0.2, 0.25) is 5.02 Å². The molecule has 0 atom stereocenters. The lowest BCUT2D eigenvalue weighted by molar-refractivity contribution is -0.135. The van der Waals surface area contributed by atoms with Gasteiger partial charge in [0.25, 0.3) is 0 Å². The molecule has 0 unspecified atom stereocenters. The lowest BCUT2D eigenvalue weighted by atomic mass is 9.98. The molecule has 2 amide bonds. The molecule has 0 saturated heterocycles. The normalized spacial score (nSPS) is 13.0. The van der Waals surface area contributed by atoms with Crippen LogP contribution in [-0.2, 0) is 6.54 Å². The number of aromatic amines is 1. The maximum absolute atomic E-state index is 14.7. The fourth-order valence-corrected chi connectivity index (χ4v) is 5.60. The van der Waals surface area contributed by atoms with Crippen LogP contribution in [0.4, 0.5) is 39.4 Å². The van der Waals surface area contributed by atoms with E-state index in [0.717, 1.165) is 24.0 Å². The van der Waals surface area contributed by atoms with Gasteiger partial charge in [0.2, 0.25) is 0 Å². The van der Waals surface area contributed by atoms with Crippen LogP contribution in [0, 0.1) is 5.82 Å². The number of aromatic nitrogens is 4. The molecule has 1 aromatic heterocycles. The number of urea groups is 1. The summed E-state index contributed by atoms with van der Waals surface area (Å²) in [6, 6.07) is 23.7. The summed E-state index contributed by atoms with van der Waals surface area (Å²) in [6.07, 6.45) is -3.57. The molecule has 1 heterocycles. The molecule has 3 N–H and O–H groups in total. The van der Waals surface area contributed by atoms with E-state index < -0.39 is 18.6 Å². The largest absolute Gasteiger partial charge is 0.389 e. The lowest BCUT2D eigenvalue weighted by Crippen LogP contribution is -2.27. The predicted molar refractivity (Wildman–Crippen MR) is 174 cm³/mol. The molecule has 5 aromatic rings. The number of hydrogen-bond donors (Lipinski definition) is 3. The third kappa shape index (κ3) is 8.25.